The largest absolute Gasteiger partial charge is 0.598 e. The van der Waals surface area contributed by atoms with Gasteiger partial charge < -0.3 is 4.55 Å². The lowest BCUT2D eigenvalue weighted by atomic mass is 9.90. The van der Waals surface area contributed by atoms with Crippen molar-refractivity contribution < 1.29 is 13.7 Å². The number of rotatable bonds is 6. The Labute approximate surface area is 139 Å². The third-order valence-corrected chi connectivity index (χ3v) is 5.81. The smallest absolute Gasteiger partial charge is 0.185 e. The lowest BCUT2D eigenvalue weighted by molar-refractivity contribution is -0.109. The van der Waals surface area contributed by atoms with E-state index < -0.39 is 21.6 Å². The number of halogens is 1. The Morgan fingerprint density at radius 3 is 2.41 bits per heavy atom. The molecule has 0 bridgehead atoms. The van der Waals surface area contributed by atoms with Crippen LogP contribution in [0.25, 0.3) is 0 Å². The maximum absolute atomic E-state index is 14.2. The Bertz CT molecular complexity index is 519. The van der Waals surface area contributed by atoms with E-state index >= 15 is 0 Å². The minimum atomic E-state index is -1.34. The molecule has 2 atom stereocenters. The van der Waals surface area contributed by atoms with Crippen molar-refractivity contribution in [3.8, 4) is 0 Å². The lowest BCUT2D eigenvalue weighted by Gasteiger charge is -2.35. The summed E-state index contributed by atoms with van der Waals surface area (Å²) in [6.45, 7) is 8.92. The number of hydrogen-bond acceptors (Lipinski definition) is 4. The van der Waals surface area contributed by atoms with Crippen molar-refractivity contribution in [2.75, 3.05) is 5.75 Å². The van der Waals surface area contributed by atoms with Gasteiger partial charge >= 0.3 is 0 Å². The number of carbonyl (C=O) groups excluding carboxylic acids is 1. The Balaban J connectivity index is 3.04. The Hall–Kier alpha value is -0.560. The summed E-state index contributed by atoms with van der Waals surface area (Å²) in [4.78, 5) is 11.1. The lowest BCUT2D eigenvalue weighted by Crippen LogP contribution is -2.50. The molecular formula is C16H24FNO2S2. The first kappa shape index (κ1) is 19.5. The molecule has 0 heterocycles. The van der Waals surface area contributed by atoms with Crippen LogP contribution in [0, 0.1) is 5.82 Å². The summed E-state index contributed by atoms with van der Waals surface area (Å²) in [7, 11) is 0. The molecule has 0 fully saturated rings. The van der Waals surface area contributed by atoms with E-state index in [-0.39, 0.29) is 10.9 Å². The molecule has 0 saturated carbocycles. The van der Waals surface area contributed by atoms with Gasteiger partial charge in [0.15, 0.2) is 5.12 Å². The fourth-order valence-corrected chi connectivity index (χ4v) is 3.63. The quantitative estimate of drug-likeness (QED) is 0.798. The minimum absolute atomic E-state index is 0.0211. The molecule has 0 amide bonds. The maximum Gasteiger partial charge on any atom is 0.185 e. The SMILES string of the molecule is CC(=O)SCC[C@](C)(N[S+]([O-])C(C)(C)C)c1ccccc1F. The summed E-state index contributed by atoms with van der Waals surface area (Å²) in [5, 5.41) is 0.0211. The van der Waals surface area contributed by atoms with Crippen LogP contribution in [0.3, 0.4) is 0 Å². The zero-order valence-electron chi connectivity index (χ0n) is 13.7. The number of benzene rings is 1. The molecule has 1 rings (SSSR count). The Morgan fingerprint density at radius 2 is 1.91 bits per heavy atom. The van der Waals surface area contributed by atoms with Crippen LogP contribution < -0.4 is 4.72 Å². The molecule has 0 saturated heterocycles. The molecule has 0 spiro atoms. The summed E-state index contributed by atoms with van der Waals surface area (Å²) >= 11 is -0.148. The van der Waals surface area contributed by atoms with E-state index in [1.54, 1.807) is 18.2 Å². The predicted molar refractivity (Wildman–Crippen MR) is 92.5 cm³/mol. The third kappa shape index (κ3) is 5.57. The van der Waals surface area contributed by atoms with E-state index in [2.05, 4.69) is 4.72 Å². The predicted octanol–water partition coefficient (Wildman–Crippen LogP) is 3.76. The third-order valence-electron chi connectivity index (χ3n) is 3.25. The highest BCUT2D eigenvalue weighted by Crippen LogP contribution is 2.31. The molecule has 1 N–H and O–H groups in total. The number of carbonyl (C=O) groups is 1. The van der Waals surface area contributed by atoms with Crippen molar-refractivity contribution in [1.82, 2.24) is 4.72 Å². The zero-order valence-corrected chi connectivity index (χ0v) is 15.4. The van der Waals surface area contributed by atoms with Crippen LogP contribution in [0.15, 0.2) is 24.3 Å². The first-order valence-electron chi connectivity index (χ1n) is 7.14. The van der Waals surface area contributed by atoms with Gasteiger partial charge in [0.1, 0.15) is 10.6 Å². The van der Waals surface area contributed by atoms with Gasteiger partial charge in [-0.15, -0.1) is 4.72 Å². The van der Waals surface area contributed by atoms with Gasteiger partial charge in [0.2, 0.25) is 0 Å². The fourth-order valence-electron chi connectivity index (χ4n) is 1.91. The van der Waals surface area contributed by atoms with Crippen LogP contribution >= 0.6 is 11.8 Å². The summed E-state index contributed by atoms with van der Waals surface area (Å²) in [5.74, 6) is 0.199. The molecule has 0 aromatic heterocycles. The summed E-state index contributed by atoms with van der Waals surface area (Å²) < 4.78 is 29.3. The molecule has 1 unspecified atom stereocenters. The van der Waals surface area contributed by atoms with E-state index in [1.165, 1.54) is 24.8 Å². The van der Waals surface area contributed by atoms with Gasteiger partial charge in [-0.25, -0.2) is 4.39 Å². The van der Waals surface area contributed by atoms with Gasteiger partial charge in [0.05, 0.1) is 5.54 Å². The maximum atomic E-state index is 14.2. The average Bonchev–Trinajstić information content (AvgIpc) is 2.37. The highest BCUT2D eigenvalue weighted by Gasteiger charge is 2.38. The van der Waals surface area contributed by atoms with Crippen LogP contribution in [0.1, 0.15) is 46.6 Å². The van der Waals surface area contributed by atoms with E-state index in [1.807, 2.05) is 27.7 Å². The summed E-state index contributed by atoms with van der Waals surface area (Å²) in [5.41, 5.74) is -0.330. The Morgan fingerprint density at radius 1 is 1.32 bits per heavy atom. The molecule has 3 nitrogen and oxygen atoms in total. The van der Waals surface area contributed by atoms with Crippen LogP contribution in [-0.2, 0) is 21.7 Å². The second-order valence-electron chi connectivity index (χ2n) is 6.39. The van der Waals surface area contributed by atoms with Crippen molar-refractivity contribution in [3.05, 3.63) is 35.6 Å². The van der Waals surface area contributed by atoms with Crippen molar-refractivity contribution in [2.24, 2.45) is 0 Å². The van der Waals surface area contributed by atoms with Gasteiger partial charge in [-0.05, 0) is 40.2 Å². The molecule has 0 aliphatic heterocycles. The molecule has 0 aliphatic rings. The monoisotopic (exact) mass is 345 g/mol. The molecular weight excluding hydrogens is 321 g/mol. The zero-order chi connectivity index (χ0) is 17.0. The standard InChI is InChI=1S/C16H24FNO2S2/c1-12(19)21-11-10-16(5,18-22(20)15(2,3)4)13-8-6-7-9-14(13)17/h6-9,18H,10-11H2,1-5H3/t16-,22?/m0/s1. The van der Waals surface area contributed by atoms with Gasteiger partial charge in [-0.1, -0.05) is 30.0 Å². The highest BCUT2D eigenvalue weighted by atomic mass is 32.2. The molecule has 124 valence electrons. The van der Waals surface area contributed by atoms with Crippen LogP contribution in [0.2, 0.25) is 0 Å². The number of hydrogen-bond donors (Lipinski definition) is 1. The van der Waals surface area contributed by atoms with Gasteiger partial charge in [-0.2, -0.15) is 0 Å². The first-order chi connectivity index (χ1) is 10.1. The van der Waals surface area contributed by atoms with Crippen LogP contribution in [0.5, 0.6) is 0 Å². The molecule has 0 radical (unpaired) electrons. The van der Waals surface area contributed by atoms with E-state index in [0.717, 1.165) is 0 Å². The number of nitrogens with one attached hydrogen (secondary N) is 1. The summed E-state index contributed by atoms with van der Waals surface area (Å²) in [6, 6.07) is 6.48. The molecule has 1 aromatic rings. The number of thioether (sulfide) groups is 1. The average molecular weight is 346 g/mol. The van der Waals surface area contributed by atoms with Crippen LogP contribution in [0.4, 0.5) is 4.39 Å². The van der Waals surface area contributed by atoms with Crippen LogP contribution in [-0.4, -0.2) is 20.2 Å². The molecule has 6 heteroatoms. The van der Waals surface area contributed by atoms with Crippen molar-refractivity contribution in [1.29, 1.82) is 0 Å². The first-order valence-corrected chi connectivity index (χ1v) is 9.28. The van der Waals surface area contributed by atoms with Gasteiger partial charge in [-0.3, -0.25) is 4.79 Å². The molecule has 0 aliphatic carbocycles. The van der Waals surface area contributed by atoms with Crippen molar-refractivity contribution >= 4 is 28.2 Å². The van der Waals surface area contributed by atoms with Crippen molar-refractivity contribution in [2.45, 2.75) is 51.3 Å². The van der Waals surface area contributed by atoms with E-state index in [4.69, 9.17) is 0 Å². The van der Waals surface area contributed by atoms with E-state index in [9.17, 15) is 13.7 Å². The summed E-state index contributed by atoms with van der Waals surface area (Å²) in [6.07, 6.45) is 0.500. The van der Waals surface area contributed by atoms with Gasteiger partial charge in [0, 0.05) is 29.6 Å². The van der Waals surface area contributed by atoms with Gasteiger partial charge in [0.25, 0.3) is 0 Å². The molecule has 1 aromatic carbocycles. The normalized spacial score (nSPS) is 16.1. The Kier molecular flexibility index (Phi) is 6.92. The second-order valence-corrected chi connectivity index (χ2v) is 9.62. The topological polar surface area (TPSA) is 52.2 Å². The highest BCUT2D eigenvalue weighted by molar-refractivity contribution is 8.13. The minimum Gasteiger partial charge on any atom is -0.598 e. The van der Waals surface area contributed by atoms with Crippen molar-refractivity contribution in [3.63, 3.8) is 0 Å². The van der Waals surface area contributed by atoms with E-state index in [0.29, 0.717) is 17.7 Å². The molecule has 22 heavy (non-hydrogen) atoms. The fraction of sp³-hybridized carbons (Fsp3) is 0.562. The second kappa shape index (κ2) is 7.81.